The van der Waals surface area contributed by atoms with Crippen LogP contribution in [0.4, 0.5) is 0 Å². The smallest absolute Gasteiger partial charge is 0.254 e. The van der Waals surface area contributed by atoms with Crippen LogP contribution in [0.1, 0.15) is 56.9 Å². The lowest BCUT2D eigenvalue weighted by Gasteiger charge is -2.28. The van der Waals surface area contributed by atoms with E-state index in [9.17, 15) is 4.79 Å². The first kappa shape index (κ1) is 13.6. The van der Waals surface area contributed by atoms with Crippen LogP contribution in [-0.2, 0) is 15.0 Å². The van der Waals surface area contributed by atoms with Gasteiger partial charge in [-0.15, -0.1) is 0 Å². The highest BCUT2D eigenvalue weighted by atomic mass is 16.7. The summed E-state index contributed by atoms with van der Waals surface area (Å²) in [5.41, 5.74) is 3.52. The second kappa shape index (κ2) is 5.96. The SMILES string of the molecule is O=C(NOC1CCCC1)C1(c2ccccc2)CCCC1. The first-order chi connectivity index (χ1) is 9.81. The van der Waals surface area contributed by atoms with E-state index >= 15 is 0 Å². The van der Waals surface area contributed by atoms with E-state index < -0.39 is 0 Å². The molecule has 2 aliphatic rings. The van der Waals surface area contributed by atoms with Gasteiger partial charge in [0.1, 0.15) is 0 Å². The molecular weight excluding hydrogens is 250 g/mol. The molecule has 2 aliphatic carbocycles. The molecule has 0 spiro atoms. The third-order valence-corrected chi connectivity index (χ3v) is 4.84. The number of hydrogen-bond donors (Lipinski definition) is 1. The van der Waals surface area contributed by atoms with Crippen LogP contribution in [-0.4, -0.2) is 12.0 Å². The molecule has 3 nitrogen and oxygen atoms in total. The van der Waals surface area contributed by atoms with E-state index in [0.717, 1.165) is 44.1 Å². The summed E-state index contributed by atoms with van der Waals surface area (Å²) < 4.78 is 0. The van der Waals surface area contributed by atoms with E-state index in [4.69, 9.17) is 4.84 Å². The zero-order valence-electron chi connectivity index (χ0n) is 11.9. The van der Waals surface area contributed by atoms with Crippen LogP contribution in [0.3, 0.4) is 0 Å². The number of hydroxylamine groups is 1. The molecule has 20 heavy (non-hydrogen) atoms. The van der Waals surface area contributed by atoms with E-state index in [0.29, 0.717) is 0 Å². The highest BCUT2D eigenvalue weighted by Gasteiger charge is 2.43. The number of hydrogen-bond acceptors (Lipinski definition) is 2. The molecule has 3 heteroatoms. The molecule has 0 bridgehead atoms. The summed E-state index contributed by atoms with van der Waals surface area (Å²) in [6, 6.07) is 10.2. The van der Waals surface area contributed by atoms with Crippen molar-refractivity contribution < 1.29 is 9.63 Å². The summed E-state index contributed by atoms with van der Waals surface area (Å²) >= 11 is 0. The van der Waals surface area contributed by atoms with Crippen molar-refractivity contribution in [3.05, 3.63) is 35.9 Å². The van der Waals surface area contributed by atoms with Crippen molar-refractivity contribution in [2.45, 2.75) is 62.9 Å². The Labute approximate surface area is 120 Å². The van der Waals surface area contributed by atoms with Crippen molar-refractivity contribution in [3.8, 4) is 0 Å². The highest BCUT2D eigenvalue weighted by Crippen LogP contribution is 2.41. The molecule has 1 amide bonds. The molecule has 0 radical (unpaired) electrons. The first-order valence-electron chi connectivity index (χ1n) is 7.83. The summed E-state index contributed by atoms with van der Waals surface area (Å²) in [7, 11) is 0. The van der Waals surface area contributed by atoms with E-state index in [1.807, 2.05) is 18.2 Å². The van der Waals surface area contributed by atoms with Gasteiger partial charge in [-0.05, 0) is 31.2 Å². The Hall–Kier alpha value is -1.35. The van der Waals surface area contributed by atoms with E-state index in [2.05, 4.69) is 17.6 Å². The van der Waals surface area contributed by atoms with Crippen LogP contribution < -0.4 is 5.48 Å². The second-order valence-electron chi connectivity index (χ2n) is 6.11. The molecule has 2 fully saturated rings. The Morgan fingerprint density at radius 2 is 1.70 bits per heavy atom. The van der Waals surface area contributed by atoms with Crippen molar-refractivity contribution >= 4 is 5.91 Å². The summed E-state index contributed by atoms with van der Waals surface area (Å²) in [4.78, 5) is 18.3. The van der Waals surface area contributed by atoms with Gasteiger partial charge < -0.3 is 0 Å². The lowest BCUT2D eigenvalue weighted by atomic mass is 9.78. The van der Waals surface area contributed by atoms with Gasteiger partial charge in [-0.2, -0.15) is 0 Å². The largest absolute Gasteiger partial charge is 0.272 e. The molecular formula is C17H23NO2. The van der Waals surface area contributed by atoms with Gasteiger partial charge in [-0.25, -0.2) is 5.48 Å². The summed E-state index contributed by atoms with van der Waals surface area (Å²) in [5.74, 6) is 0.0492. The maximum atomic E-state index is 12.7. The number of amides is 1. The fourth-order valence-corrected chi connectivity index (χ4v) is 3.62. The molecule has 0 aromatic heterocycles. The number of nitrogens with one attached hydrogen (secondary N) is 1. The van der Waals surface area contributed by atoms with Crippen LogP contribution in [0.25, 0.3) is 0 Å². The number of carbonyl (C=O) groups excluding carboxylic acids is 1. The van der Waals surface area contributed by atoms with Crippen LogP contribution in [0.15, 0.2) is 30.3 Å². The third-order valence-electron chi connectivity index (χ3n) is 4.84. The molecule has 0 unspecified atom stereocenters. The number of rotatable bonds is 4. The predicted octanol–water partition coefficient (Wildman–Crippen LogP) is 3.49. The Balaban J connectivity index is 1.71. The maximum absolute atomic E-state index is 12.7. The molecule has 0 saturated heterocycles. The van der Waals surface area contributed by atoms with E-state index in [-0.39, 0.29) is 17.4 Å². The monoisotopic (exact) mass is 273 g/mol. The zero-order chi connectivity index (χ0) is 13.8. The van der Waals surface area contributed by atoms with Crippen LogP contribution in [0, 0.1) is 0 Å². The standard InChI is InChI=1S/C17H23NO2/c19-16(18-20-15-10-4-5-11-15)17(12-6-7-13-17)14-8-2-1-3-9-14/h1-3,8-9,15H,4-7,10-13H2,(H,18,19). The van der Waals surface area contributed by atoms with Crippen LogP contribution >= 0.6 is 0 Å². The van der Waals surface area contributed by atoms with Gasteiger partial charge in [0, 0.05) is 0 Å². The Bertz CT molecular complexity index is 445. The lowest BCUT2D eigenvalue weighted by Crippen LogP contribution is -2.43. The van der Waals surface area contributed by atoms with Crippen LogP contribution in [0.5, 0.6) is 0 Å². The van der Waals surface area contributed by atoms with Gasteiger partial charge in [-0.1, -0.05) is 56.0 Å². The molecule has 0 heterocycles. The molecule has 1 N–H and O–H groups in total. The Morgan fingerprint density at radius 3 is 2.35 bits per heavy atom. The van der Waals surface area contributed by atoms with E-state index in [1.165, 1.54) is 12.8 Å². The van der Waals surface area contributed by atoms with Crippen molar-refractivity contribution in [1.29, 1.82) is 0 Å². The first-order valence-corrected chi connectivity index (χ1v) is 7.83. The minimum Gasteiger partial charge on any atom is -0.272 e. The minimum atomic E-state index is -0.375. The topological polar surface area (TPSA) is 38.3 Å². The van der Waals surface area contributed by atoms with E-state index in [1.54, 1.807) is 0 Å². The average Bonchev–Trinajstić information content (AvgIpc) is 3.18. The number of carbonyl (C=O) groups is 1. The highest BCUT2D eigenvalue weighted by molar-refractivity contribution is 5.87. The Morgan fingerprint density at radius 1 is 1.05 bits per heavy atom. The van der Waals surface area contributed by atoms with Crippen molar-refractivity contribution in [1.82, 2.24) is 5.48 Å². The zero-order valence-corrected chi connectivity index (χ0v) is 11.9. The van der Waals surface area contributed by atoms with Crippen molar-refractivity contribution in [3.63, 3.8) is 0 Å². The molecule has 3 rings (SSSR count). The summed E-state index contributed by atoms with van der Waals surface area (Å²) in [5, 5.41) is 0. The lowest BCUT2D eigenvalue weighted by molar-refractivity contribution is -0.144. The fraction of sp³-hybridized carbons (Fsp3) is 0.588. The fourth-order valence-electron chi connectivity index (χ4n) is 3.62. The third kappa shape index (κ3) is 2.59. The maximum Gasteiger partial charge on any atom is 0.254 e. The van der Waals surface area contributed by atoms with Gasteiger partial charge in [0.15, 0.2) is 0 Å². The molecule has 108 valence electrons. The quantitative estimate of drug-likeness (QED) is 0.853. The van der Waals surface area contributed by atoms with Crippen molar-refractivity contribution in [2.24, 2.45) is 0 Å². The summed E-state index contributed by atoms with van der Waals surface area (Å²) in [6.45, 7) is 0. The van der Waals surface area contributed by atoms with Gasteiger partial charge in [0.2, 0.25) is 0 Å². The Kier molecular flexibility index (Phi) is 4.06. The normalized spacial score (nSPS) is 22.0. The summed E-state index contributed by atoms with van der Waals surface area (Å²) in [6.07, 6.45) is 8.87. The second-order valence-corrected chi connectivity index (χ2v) is 6.11. The van der Waals surface area contributed by atoms with Gasteiger partial charge >= 0.3 is 0 Å². The van der Waals surface area contributed by atoms with Gasteiger partial charge in [0.05, 0.1) is 11.5 Å². The number of benzene rings is 1. The molecule has 2 saturated carbocycles. The molecule has 0 atom stereocenters. The minimum absolute atomic E-state index is 0.0492. The van der Waals surface area contributed by atoms with Crippen LogP contribution in [0.2, 0.25) is 0 Å². The molecule has 0 aliphatic heterocycles. The van der Waals surface area contributed by atoms with Gasteiger partial charge in [-0.3, -0.25) is 9.63 Å². The van der Waals surface area contributed by atoms with Gasteiger partial charge in [0.25, 0.3) is 5.91 Å². The molecule has 1 aromatic rings. The average molecular weight is 273 g/mol. The predicted molar refractivity (Wildman–Crippen MR) is 78.1 cm³/mol. The molecule has 1 aromatic carbocycles. The van der Waals surface area contributed by atoms with Crippen molar-refractivity contribution in [2.75, 3.05) is 0 Å².